The highest BCUT2D eigenvalue weighted by Gasteiger charge is 2.22. The summed E-state index contributed by atoms with van der Waals surface area (Å²) in [6, 6.07) is 7.93. The van der Waals surface area contributed by atoms with Gasteiger partial charge in [0.2, 0.25) is 0 Å². The monoisotopic (exact) mass is 295 g/mol. The van der Waals surface area contributed by atoms with Gasteiger partial charge in [0.05, 0.1) is 17.9 Å². The molecule has 0 atom stereocenters. The van der Waals surface area contributed by atoms with Crippen LogP contribution in [0.15, 0.2) is 36.4 Å². The number of pyridine rings is 1. The van der Waals surface area contributed by atoms with Crippen molar-refractivity contribution in [1.29, 1.82) is 0 Å². The molecule has 0 radical (unpaired) electrons. The van der Waals surface area contributed by atoms with Crippen LogP contribution in [-0.4, -0.2) is 17.6 Å². The molecule has 21 heavy (non-hydrogen) atoms. The third-order valence-corrected chi connectivity index (χ3v) is 2.77. The van der Waals surface area contributed by atoms with Crippen LogP contribution in [0.1, 0.15) is 29.4 Å². The summed E-state index contributed by atoms with van der Waals surface area (Å²) in [6.45, 7) is 1.67. The Labute approximate surface area is 119 Å². The van der Waals surface area contributed by atoms with Gasteiger partial charge in [0, 0.05) is 5.56 Å². The molecule has 0 aliphatic rings. The van der Waals surface area contributed by atoms with Gasteiger partial charge in [0.1, 0.15) is 11.5 Å². The first-order valence-corrected chi connectivity index (χ1v) is 6.25. The van der Waals surface area contributed by atoms with Gasteiger partial charge >= 0.3 is 5.97 Å². The highest BCUT2D eigenvalue weighted by molar-refractivity contribution is 5.91. The summed E-state index contributed by atoms with van der Waals surface area (Å²) < 4.78 is 43.7. The maximum Gasteiger partial charge on any atom is 0.340 e. The third-order valence-electron chi connectivity index (χ3n) is 2.77. The van der Waals surface area contributed by atoms with Gasteiger partial charge < -0.3 is 4.74 Å². The first-order chi connectivity index (χ1) is 10.0. The highest BCUT2D eigenvalue weighted by Crippen LogP contribution is 2.26. The summed E-state index contributed by atoms with van der Waals surface area (Å²) in [7, 11) is 0. The van der Waals surface area contributed by atoms with Crippen LogP contribution >= 0.6 is 0 Å². The molecule has 2 aromatic rings. The summed E-state index contributed by atoms with van der Waals surface area (Å²) in [5.74, 6) is -1.28. The molecule has 0 amide bonds. The van der Waals surface area contributed by atoms with Crippen molar-refractivity contribution in [2.24, 2.45) is 0 Å². The van der Waals surface area contributed by atoms with Crippen LogP contribution in [0.3, 0.4) is 0 Å². The van der Waals surface area contributed by atoms with Crippen LogP contribution in [0.5, 0.6) is 0 Å². The van der Waals surface area contributed by atoms with Crippen LogP contribution in [-0.2, 0) is 4.74 Å². The number of halogens is 3. The van der Waals surface area contributed by atoms with E-state index in [0.29, 0.717) is 5.56 Å². The van der Waals surface area contributed by atoms with Crippen molar-refractivity contribution in [2.75, 3.05) is 6.61 Å². The number of hydrogen-bond donors (Lipinski definition) is 0. The zero-order valence-electron chi connectivity index (χ0n) is 11.1. The third kappa shape index (κ3) is 3.39. The molecule has 0 aliphatic heterocycles. The highest BCUT2D eigenvalue weighted by atomic mass is 19.3. The van der Waals surface area contributed by atoms with Crippen LogP contribution in [0.4, 0.5) is 13.2 Å². The molecule has 6 heteroatoms. The minimum absolute atomic E-state index is 0.0845. The summed E-state index contributed by atoms with van der Waals surface area (Å²) >= 11 is 0. The number of carbonyl (C=O) groups is 1. The average molecular weight is 295 g/mol. The van der Waals surface area contributed by atoms with E-state index in [9.17, 15) is 18.0 Å². The Morgan fingerprint density at radius 3 is 2.43 bits per heavy atom. The van der Waals surface area contributed by atoms with Crippen LogP contribution in [0, 0.1) is 5.82 Å². The van der Waals surface area contributed by atoms with E-state index in [-0.39, 0.29) is 17.9 Å². The zero-order chi connectivity index (χ0) is 15.4. The maximum absolute atomic E-state index is 13.1. The molecular weight excluding hydrogens is 283 g/mol. The van der Waals surface area contributed by atoms with Crippen molar-refractivity contribution < 1.29 is 22.7 Å². The maximum atomic E-state index is 13.1. The number of ether oxygens (including phenoxy) is 1. The molecule has 0 fully saturated rings. The van der Waals surface area contributed by atoms with E-state index in [1.54, 1.807) is 6.92 Å². The quantitative estimate of drug-likeness (QED) is 0.800. The van der Waals surface area contributed by atoms with Crippen molar-refractivity contribution in [2.45, 2.75) is 13.3 Å². The standard InChI is InChI=1S/C15H12F3NO2/c1-2-21-15(20)11-7-8-12(19-13(11)14(17)18)9-3-5-10(16)6-4-9/h3-8,14H,2H2,1H3. The number of carbonyl (C=O) groups excluding carboxylic acids is 1. The SMILES string of the molecule is CCOC(=O)c1ccc(-c2ccc(F)cc2)nc1C(F)F. The van der Waals surface area contributed by atoms with E-state index in [0.717, 1.165) is 0 Å². The van der Waals surface area contributed by atoms with Gasteiger partial charge in [-0.05, 0) is 43.3 Å². The van der Waals surface area contributed by atoms with Crippen molar-refractivity contribution >= 4 is 5.97 Å². The number of alkyl halides is 2. The Balaban J connectivity index is 2.45. The Hall–Kier alpha value is -2.37. The second-order valence-corrected chi connectivity index (χ2v) is 4.16. The van der Waals surface area contributed by atoms with E-state index >= 15 is 0 Å². The zero-order valence-corrected chi connectivity index (χ0v) is 11.1. The lowest BCUT2D eigenvalue weighted by Crippen LogP contribution is -2.10. The summed E-state index contributed by atoms with van der Waals surface area (Å²) in [6.07, 6.45) is -2.91. The van der Waals surface area contributed by atoms with Gasteiger partial charge in [-0.1, -0.05) is 0 Å². The molecule has 2 rings (SSSR count). The van der Waals surface area contributed by atoms with Crippen molar-refractivity contribution in [3.63, 3.8) is 0 Å². The lowest BCUT2D eigenvalue weighted by Gasteiger charge is -2.09. The van der Waals surface area contributed by atoms with Gasteiger partial charge in [-0.25, -0.2) is 22.9 Å². The molecule has 0 saturated heterocycles. The minimum atomic E-state index is -2.91. The van der Waals surface area contributed by atoms with E-state index < -0.39 is 23.9 Å². The van der Waals surface area contributed by atoms with Gasteiger partial charge in [0.15, 0.2) is 0 Å². The fourth-order valence-corrected chi connectivity index (χ4v) is 1.80. The van der Waals surface area contributed by atoms with Gasteiger partial charge in [-0.2, -0.15) is 0 Å². The van der Waals surface area contributed by atoms with Crippen molar-refractivity contribution in [3.05, 3.63) is 53.5 Å². The predicted octanol–water partition coefficient (Wildman–Crippen LogP) is 4.00. The molecule has 0 N–H and O–H groups in total. The average Bonchev–Trinajstić information content (AvgIpc) is 2.47. The van der Waals surface area contributed by atoms with E-state index in [4.69, 9.17) is 4.74 Å². The number of rotatable bonds is 4. The lowest BCUT2D eigenvalue weighted by atomic mass is 10.1. The molecule has 0 bridgehead atoms. The number of esters is 1. The second-order valence-electron chi connectivity index (χ2n) is 4.16. The Morgan fingerprint density at radius 2 is 1.86 bits per heavy atom. The molecule has 0 spiro atoms. The number of hydrogen-bond acceptors (Lipinski definition) is 3. The van der Waals surface area contributed by atoms with E-state index in [1.165, 1.54) is 36.4 Å². The molecule has 3 nitrogen and oxygen atoms in total. The molecule has 0 unspecified atom stereocenters. The molecule has 110 valence electrons. The summed E-state index contributed by atoms with van der Waals surface area (Å²) in [5, 5.41) is 0. The number of benzene rings is 1. The second kappa shape index (κ2) is 6.39. The van der Waals surface area contributed by atoms with Crippen molar-refractivity contribution in [1.82, 2.24) is 4.98 Å². The van der Waals surface area contributed by atoms with Crippen molar-refractivity contribution in [3.8, 4) is 11.3 Å². The molecule has 1 heterocycles. The Bertz CT molecular complexity index is 642. The Kier molecular flexibility index (Phi) is 4.57. The minimum Gasteiger partial charge on any atom is -0.462 e. The van der Waals surface area contributed by atoms with Gasteiger partial charge in [0.25, 0.3) is 6.43 Å². The fraction of sp³-hybridized carbons (Fsp3) is 0.200. The summed E-state index contributed by atoms with van der Waals surface area (Å²) in [5.41, 5.74) is -0.194. The van der Waals surface area contributed by atoms with Crippen LogP contribution in [0.25, 0.3) is 11.3 Å². The molecule has 1 aromatic carbocycles. The molecular formula is C15H12F3NO2. The Morgan fingerprint density at radius 1 is 1.19 bits per heavy atom. The molecule has 0 saturated carbocycles. The van der Waals surface area contributed by atoms with Crippen LogP contribution < -0.4 is 0 Å². The van der Waals surface area contributed by atoms with Gasteiger partial charge in [-0.3, -0.25) is 0 Å². The predicted molar refractivity (Wildman–Crippen MR) is 70.5 cm³/mol. The number of nitrogens with zero attached hydrogens (tertiary/aromatic N) is 1. The molecule has 1 aromatic heterocycles. The fourth-order valence-electron chi connectivity index (χ4n) is 1.80. The first-order valence-electron chi connectivity index (χ1n) is 6.25. The topological polar surface area (TPSA) is 39.2 Å². The van der Waals surface area contributed by atoms with E-state index in [1.807, 2.05) is 0 Å². The van der Waals surface area contributed by atoms with E-state index in [2.05, 4.69) is 4.98 Å². The normalized spacial score (nSPS) is 10.7. The number of aromatic nitrogens is 1. The summed E-state index contributed by atoms with van der Waals surface area (Å²) in [4.78, 5) is 15.4. The van der Waals surface area contributed by atoms with Crippen LogP contribution in [0.2, 0.25) is 0 Å². The van der Waals surface area contributed by atoms with Gasteiger partial charge in [-0.15, -0.1) is 0 Å². The lowest BCUT2D eigenvalue weighted by molar-refractivity contribution is 0.0513. The largest absolute Gasteiger partial charge is 0.462 e. The molecule has 0 aliphatic carbocycles. The first kappa shape index (κ1) is 15.0. The smallest absolute Gasteiger partial charge is 0.340 e.